The normalized spacial score (nSPS) is 12.6. The minimum absolute atomic E-state index is 0.163. The van der Waals surface area contributed by atoms with Gasteiger partial charge in [-0.1, -0.05) is 5.92 Å². The van der Waals surface area contributed by atoms with Crippen LogP contribution in [0.3, 0.4) is 0 Å². The first kappa shape index (κ1) is 16.7. The molecule has 0 fully saturated rings. The molecule has 1 aromatic carbocycles. The molecule has 1 N–H and O–H groups in total. The molecular formula is C13H13BrF3NO2. The van der Waals surface area contributed by atoms with Gasteiger partial charge in [0.25, 0.3) is 0 Å². The monoisotopic (exact) mass is 351 g/mol. The van der Waals surface area contributed by atoms with Crippen LogP contribution in [-0.2, 0) is 0 Å². The van der Waals surface area contributed by atoms with Gasteiger partial charge in [-0.25, -0.2) is 0 Å². The maximum atomic E-state index is 12.1. The summed E-state index contributed by atoms with van der Waals surface area (Å²) in [4.78, 5) is 0. The molecule has 0 radical (unpaired) electrons. The molecule has 0 saturated heterocycles. The molecule has 0 aliphatic heterocycles. The van der Waals surface area contributed by atoms with Crippen molar-refractivity contribution < 1.29 is 22.6 Å². The summed E-state index contributed by atoms with van der Waals surface area (Å²) in [5.74, 6) is 2.54. The molecule has 7 heteroatoms. The van der Waals surface area contributed by atoms with E-state index in [1.807, 2.05) is 6.92 Å². The van der Waals surface area contributed by atoms with E-state index in [9.17, 15) is 13.2 Å². The standard InChI is InChI=1S/C13H13BrF3NO2/c1-3-6-18-8-9(2)19-10-4-5-12(11(14)7-10)20-13(15,16)17/h1,4-5,7,9,18H,6,8H2,2H3. The zero-order chi connectivity index (χ0) is 15.2. The van der Waals surface area contributed by atoms with Crippen LogP contribution in [0, 0.1) is 12.3 Å². The highest BCUT2D eigenvalue weighted by Gasteiger charge is 2.32. The molecule has 0 amide bonds. The number of nitrogens with one attached hydrogen (secondary N) is 1. The second-order valence-electron chi connectivity index (χ2n) is 3.90. The molecule has 0 aliphatic carbocycles. The average Bonchev–Trinajstić information content (AvgIpc) is 2.31. The Hall–Kier alpha value is -1.39. The Morgan fingerprint density at radius 2 is 2.15 bits per heavy atom. The van der Waals surface area contributed by atoms with Gasteiger partial charge in [-0.15, -0.1) is 19.6 Å². The SMILES string of the molecule is C#CCNCC(C)Oc1ccc(OC(F)(F)F)c(Br)c1. The third-order valence-corrected chi connectivity index (χ3v) is 2.74. The molecule has 0 spiro atoms. The van der Waals surface area contributed by atoms with Crippen LogP contribution >= 0.6 is 15.9 Å². The van der Waals surface area contributed by atoms with Crippen molar-refractivity contribution in [1.29, 1.82) is 0 Å². The lowest BCUT2D eigenvalue weighted by atomic mass is 10.3. The fraction of sp³-hybridized carbons (Fsp3) is 0.385. The number of hydrogen-bond donors (Lipinski definition) is 1. The molecule has 1 atom stereocenters. The summed E-state index contributed by atoms with van der Waals surface area (Å²) >= 11 is 3.01. The maximum Gasteiger partial charge on any atom is 0.573 e. The zero-order valence-electron chi connectivity index (χ0n) is 10.6. The summed E-state index contributed by atoms with van der Waals surface area (Å²) in [6.45, 7) is 2.77. The van der Waals surface area contributed by atoms with E-state index < -0.39 is 6.36 Å². The van der Waals surface area contributed by atoms with Crippen LogP contribution in [0.25, 0.3) is 0 Å². The Labute approximate surface area is 123 Å². The predicted octanol–water partition coefficient (Wildman–Crippen LogP) is 3.34. The third-order valence-electron chi connectivity index (χ3n) is 2.13. The van der Waals surface area contributed by atoms with E-state index in [0.29, 0.717) is 18.8 Å². The van der Waals surface area contributed by atoms with Crippen LogP contribution in [0.1, 0.15) is 6.92 Å². The molecule has 0 aliphatic rings. The molecule has 0 saturated carbocycles. The summed E-state index contributed by atoms with van der Waals surface area (Å²) in [6.07, 6.45) is 0.188. The highest BCUT2D eigenvalue weighted by molar-refractivity contribution is 9.10. The molecule has 20 heavy (non-hydrogen) atoms. The van der Waals surface area contributed by atoms with Gasteiger partial charge < -0.3 is 14.8 Å². The summed E-state index contributed by atoms with van der Waals surface area (Å²) in [5.41, 5.74) is 0. The predicted molar refractivity (Wildman–Crippen MR) is 72.6 cm³/mol. The van der Waals surface area contributed by atoms with Crippen LogP contribution in [0.4, 0.5) is 13.2 Å². The summed E-state index contributed by atoms with van der Waals surface area (Å²) in [7, 11) is 0. The van der Waals surface area contributed by atoms with Gasteiger partial charge in [-0.2, -0.15) is 0 Å². The van der Waals surface area contributed by atoms with Gasteiger partial charge in [0.05, 0.1) is 11.0 Å². The topological polar surface area (TPSA) is 30.5 Å². The van der Waals surface area contributed by atoms with Crippen molar-refractivity contribution in [2.24, 2.45) is 0 Å². The van der Waals surface area contributed by atoms with Gasteiger partial charge >= 0.3 is 6.36 Å². The van der Waals surface area contributed by atoms with Crippen LogP contribution in [0.5, 0.6) is 11.5 Å². The molecule has 110 valence electrons. The second-order valence-corrected chi connectivity index (χ2v) is 4.76. The molecule has 1 unspecified atom stereocenters. The number of benzene rings is 1. The van der Waals surface area contributed by atoms with Gasteiger partial charge in [-0.3, -0.25) is 0 Å². The first-order chi connectivity index (χ1) is 9.31. The van der Waals surface area contributed by atoms with Gasteiger partial charge in [0, 0.05) is 6.54 Å². The van der Waals surface area contributed by atoms with Crippen LogP contribution in [0.2, 0.25) is 0 Å². The fourth-order valence-corrected chi connectivity index (χ4v) is 1.82. The highest BCUT2D eigenvalue weighted by atomic mass is 79.9. The van der Waals surface area contributed by atoms with Crippen molar-refractivity contribution in [3.05, 3.63) is 22.7 Å². The maximum absolute atomic E-state index is 12.1. The minimum atomic E-state index is -4.72. The Kier molecular flexibility index (Phi) is 6.17. The molecule has 1 aromatic rings. The quantitative estimate of drug-likeness (QED) is 0.629. The molecule has 0 aromatic heterocycles. The molecule has 0 bridgehead atoms. The van der Waals surface area contributed by atoms with Crippen molar-refractivity contribution >= 4 is 15.9 Å². The average molecular weight is 352 g/mol. The van der Waals surface area contributed by atoms with E-state index in [1.54, 1.807) is 0 Å². The van der Waals surface area contributed by atoms with Crippen molar-refractivity contribution in [2.75, 3.05) is 13.1 Å². The van der Waals surface area contributed by atoms with Crippen LogP contribution in [0.15, 0.2) is 22.7 Å². The van der Waals surface area contributed by atoms with E-state index >= 15 is 0 Å². The van der Waals surface area contributed by atoms with Crippen molar-refractivity contribution in [1.82, 2.24) is 5.32 Å². The second kappa shape index (κ2) is 7.41. The smallest absolute Gasteiger partial charge is 0.489 e. The minimum Gasteiger partial charge on any atom is -0.489 e. The lowest BCUT2D eigenvalue weighted by molar-refractivity contribution is -0.274. The Morgan fingerprint density at radius 1 is 1.45 bits per heavy atom. The number of halogens is 4. The largest absolute Gasteiger partial charge is 0.573 e. The fourth-order valence-electron chi connectivity index (χ4n) is 1.38. The first-order valence-corrected chi connectivity index (χ1v) is 6.47. The van der Waals surface area contributed by atoms with Gasteiger partial charge in [-0.05, 0) is 41.1 Å². The summed E-state index contributed by atoms with van der Waals surface area (Å²) in [6, 6.07) is 4.01. The van der Waals surface area contributed by atoms with E-state index in [-0.39, 0.29) is 16.3 Å². The third kappa shape index (κ3) is 6.17. The first-order valence-electron chi connectivity index (χ1n) is 5.68. The molecular weight excluding hydrogens is 339 g/mol. The van der Waals surface area contributed by atoms with Crippen LogP contribution in [-0.4, -0.2) is 25.6 Å². The van der Waals surface area contributed by atoms with E-state index in [1.165, 1.54) is 18.2 Å². The summed E-state index contributed by atoms with van der Waals surface area (Å²) in [5, 5.41) is 2.97. The highest BCUT2D eigenvalue weighted by Crippen LogP contribution is 2.33. The number of hydrogen-bond acceptors (Lipinski definition) is 3. The number of alkyl halides is 3. The lowest BCUT2D eigenvalue weighted by Crippen LogP contribution is -2.29. The Bertz CT molecular complexity index is 485. The number of rotatable bonds is 6. The Morgan fingerprint density at radius 3 is 2.70 bits per heavy atom. The van der Waals surface area contributed by atoms with E-state index in [2.05, 4.69) is 31.9 Å². The van der Waals surface area contributed by atoms with Gasteiger partial charge in [0.15, 0.2) is 0 Å². The Balaban J connectivity index is 2.61. The zero-order valence-corrected chi connectivity index (χ0v) is 12.2. The summed E-state index contributed by atoms with van der Waals surface area (Å²) < 4.78 is 45.8. The van der Waals surface area contributed by atoms with E-state index in [4.69, 9.17) is 11.2 Å². The van der Waals surface area contributed by atoms with E-state index in [0.717, 1.165) is 0 Å². The van der Waals surface area contributed by atoms with Crippen molar-refractivity contribution in [3.8, 4) is 23.8 Å². The van der Waals surface area contributed by atoms with Crippen molar-refractivity contribution in [2.45, 2.75) is 19.4 Å². The van der Waals surface area contributed by atoms with Crippen LogP contribution < -0.4 is 14.8 Å². The van der Waals surface area contributed by atoms with Crippen molar-refractivity contribution in [3.63, 3.8) is 0 Å². The number of terminal acetylenes is 1. The molecule has 3 nitrogen and oxygen atoms in total. The van der Waals surface area contributed by atoms with Gasteiger partial charge in [0.1, 0.15) is 17.6 Å². The van der Waals surface area contributed by atoms with Gasteiger partial charge in [0.2, 0.25) is 0 Å². The lowest BCUT2D eigenvalue weighted by Gasteiger charge is -2.16. The molecule has 0 heterocycles. The number of ether oxygens (including phenoxy) is 2. The molecule has 1 rings (SSSR count).